The van der Waals surface area contributed by atoms with Crippen molar-refractivity contribution < 1.29 is 18.3 Å². The van der Waals surface area contributed by atoms with E-state index in [0.29, 0.717) is 27.1 Å². The first-order valence-electron chi connectivity index (χ1n) is 8.00. The minimum Gasteiger partial charge on any atom is -0.489 e. The number of anilines is 1. The number of furan rings is 1. The number of ether oxygens (including phenoxy) is 1. The minimum absolute atomic E-state index is 0.0981. The highest BCUT2D eigenvalue weighted by Crippen LogP contribution is 2.26. The number of amides is 1. The highest BCUT2D eigenvalue weighted by atomic mass is 79.9. The summed E-state index contributed by atoms with van der Waals surface area (Å²) >= 11 is 3.22. The van der Waals surface area contributed by atoms with Crippen LogP contribution in [0.5, 0.6) is 5.75 Å². The monoisotopic (exact) mass is 429 g/mol. The number of nitrogens with one attached hydrogen (secondary N) is 2. The standard InChI is InChI=1S/C19H13BrFN3O3/c20-12-4-3-11(15(21)8-12)10-27-13-5-6-14-16(9-13)23-24-18(14)22-19(25)17-2-1-7-26-17/h1-9H,10H2,(H2,22,23,24,25). The largest absolute Gasteiger partial charge is 0.489 e. The molecule has 0 atom stereocenters. The van der Waals surface area contributed by atoms with Gasteiger partial charge in [0.15, 0.2) is 11.6 Å². The molecule has 8 heteroatoms. The number of rotatable bonds is 5. The second kappa shape index (κ2) is 7.24. The molecule has 136 valence electrons. The molecule has 0 spiro atoms. The Balaban J connectivity index is 1.49. The van der Waals surface area contributed by atoms with E-state index < -0.39 is 0 Å². The molecule has 27 heavy (non-hydrogen) atoms. The molecule has 2 heterocycles. The molecule has 0 saturated carbocycles. The molecule has 0 unspecified atom stereocenters. The smallest absolute Gasteiger partial charge is 0.292 e. The topological polar surface area (TPSA) is 80.2 Å². The van der Waals surface area contributed by atoms with Crippen molar-refractivity contribution in [2.75, 3.05) is 5.32 Å². The minimum atomic E-state index is -0.389. The number of hydrogen-bond donors (Lipinski definition) is 2. The lowest BCUT2D eigenvalue weighted by Crippen LogP contribution is -2.11. The van der Waals surface area contributed by atoms with E-state index in [-0.39, 0.29) is 24.1 Å². The molecule has 2 aromatic carbocycles. The summed E-state index contributed by atoms with van der Waals surface area (Å²) in [5, 5.41) is 10.4. The fraction of sp³-hybridized carbons (Fsp3) is 0.0526. The Kier molecular flexibility index (Phi) is 4.64. The number of hydrogen-bond acceptors (Lipinski definition) is 4. The van der Waals surface area contributed by atoms with Gasteiger partial charge in [-0.25, -0.2) is 4.39 Å². The van der Waals surface area contributed by atoms with E-state index in [1.54, 1.807) is 42.5 Å². The second-order valence-corrected chi connectivity index (χ2v) is 6.65. The maximum Gasteiger partial charge on any atom is 0.292 e. The van der Waals surface area contributed by atoms with E-state index >= 15 is 0 Å². The first kappa shape index (κ1) is 17.3. The Bertz CT molecular complexity index is 1110. The van der Waals surface area contributed by atoms with Gasteiger partial charge in [0, 0.05) is 21.5 Å². The lowest BCUT2D eigenvalue weighted by molar-refractivity contribution is 0.0996. The SMILES string of the molecule is O=C(Nc1n[nH]c2cc(OCc3ccc(Br)cc3F)ccc12)c1ccco1. The second-order valence-electron chi connectivity index (χ2n) is 5.74. The van der Waals surface area contributed by atoms with Crippen LogP contribution >= 0.6 is 15.9 Å². The van der Waals surface area contributed by atoms with E-state index in [2.05, 4.69) is 31.4 Å². The van der Waals surface area contributed by atoms with Crippen LogP contribution in [0.3, 0.4) is 0 Å². The summed E-state index contributed by atoms with van der Waals surface area (Å²) in [6.07, 6.45) is 1.43. The molecule has 4 rings (SSSR count). The molecule has 6 nitrogen and oxygen atoms in total. The number of aromatic nitrogens is 2. The molecule has 1 amide bonds. The van der Waals surface area contributed by atoms with Gasteiger partial charge < -0.3 is 14.5 Å². The third-order valence-corrected chi connectivity index (χ3v) is 4.41. The van der Waals surface area contributed by atoms with E-state index in [1.807, 2.05) is 0 Å². The number of H-pyrrole nitrogens is 1. The lowest BCUT2D eigenvalue weighted by atomic mass is 10.2. The van der Waals surface area contributed by atoms with Crippen molar-refractivity contribution in [2.45, 2.75) is 6.61 Å². The van der Waals surface area contributed by atoms with Gasteiger partial charge in [0.1, 0.15) is 18.2 Å². The molecule has 0 fully saturated rings. The highest BCUT2D eigenvalue weighted by molar-refractivity contribution is 9.10. The van der Waals surface area contributed by atoms with Crippen molar-refractivity contribution in [3.63, 3.8) is 0 Å². The van der Waals surface area contributed by atoms with Gasteiger partial charge in [0.2, 0.25) is 0 Å². The Morgan fingerprint density at radius 2 is 2.15 bits per heavy atom. The van der Waals surface area contributed by atoms with Crippen LogP contribution in [-0.4, -0.2) is 16.1 Å². The molecule has 2 aromatic heterocycles. The molecule has 2 N–H and O–H groups in total. The van der Waals surface area contributed by atoms with E-state index in [0.717, 1.165) is 5.39 Å². The summed E-state index contributed by atoms with van der Waals surface area (Å²) in [5.41, 5.74) is 1.13. The fourth-order valence-electron chi connectivity index (χ4n) is 2.56. The van der Waals surface area contributed by atoms with Crippen LogP contribution in [0.2, 0.25) is 0 Å². The van der Waals surface area contributed by atoms with Crippen LogP contribution in [0.15, 0.2) is 63.7 Å². The van der Waals surface area contributed by atoms with Gasteiger partial charge >= 0.3 is 0 Å². The van der Waals surface area contributed by atoms with Crippen molar-refractivity contribution >= 4 is 38.6 Å². The molecule has 0 aliphatic heterocycles. The predicted octanol–water partition coefficient (Wildman–Crippen LogP) is 4.89. The Hall–Kier alpha value is -3.13. The number of aromatic amines is 1. The van der Waals surface area contributed by atoms with E-state index in [4.69, 9.17) is 9.15 Å². The third-order valence-electron chi connectivity index (χ3n) is 3.92. The van der Waals surface area contributed by atoms with Crippen LogP contribution in [0.1, 0.15) is 16.1 Å². The predicted molar refractivity (Wildman–Crippen MR) is 101 cm³/mol. The number of nitrogens with zero attached hydrogens (tertiary/aromatic N) is 1. The zero-order valence-electron chi connectivity index (χ0n) is 13.8. The number of benzene rings is 2. The summed E-state index contributed by atoms with van der Waals surface area (Å²) < 4.78 is 25.3. The van der Waals surface area contributed by atoms with Gasteiger partial charge in [0.25, 0.3) is 5.91 Å². The normalized spacial score (nSPS) is 10.9. The van der Waals surface area contributed by atoms with Crippen LogP contribution < -0.4 is 10.1 Å². The van der Waals surface area contributed by atoms with Crippen molar-refractivity contribution in [1.82, 2.24) is 10.2 Å². The third kappa shape index (κ3) is 3.70. The summed E-state index contributed by atoms with van der Waals surface area (Å²) in [7, 11) is 0. The lowest BCUT2D eigenvalue weighted by Gasteiger charge is -2.08. The first-order chi connectivity index (χ1) is 13.1. The number of fused-ring (bicyclic) bond motifs is 1. The zero-order chi connectivity index (χ0) is 18.8. The van der Waals surface area contributed by atoms with Gasteiger partial charge in [-0.3, -0.25) is 9.89 Å². The van der Waals surface area contributed by atoms with Gasteiger partial charge in [-0.2, -0.15) is 5.10 Å². The summed E-state index contributed by atoms with van der Waals surface area (Å²) in [6, 6.07) is 13.3. The van der Waals surface area contributed by atoms with Crippen molar-refractivity contribution in [2.24, 2.45) is 0 Å². The van der Waals surface area contributed by atoms with Crippen molar-refractivity contribution in [3.05, 3.63) is 76.4 Å². The number of halogens is 2. The Labute approximate surface area is 161 Å². The average molecular weight is 430 g/mol. The van der Waals surface area contributed by atoms with Crippen molar-refractivity contribution in [1.29, 1.82) is 0 Å². The summed E-state index contributed by atoms with van der Waals surface area (Å²) in [4.78, 5) is 12.1. The molecule has 0 aliphatic carbocycles. The quantitative estimate of drug-likeness (QED) is 0.473. The number of carbonyl (C=O) groups is 1. The van der Waals surface area contributed by atoms with Gasteiger partial charge in [-0.15, -0.1) is 0 Å². The molecule has 0 aliphatic rings. The van der Waals surface area contributed by atoms with Crippen LogP contribution in [0, 0.1) is 5.82 Å². The molecule has 0 saturated heterocycles. The molecule has 4 aromatic rings. The molecule has 0 radical (unpaired) electrons. The maximum absolute atomic E-state index is 13.9. The highest BCUT2D eigenvalue weighted by Gasteiger charge is 2.13. The van der Waals surface area contributed by atoms with Crippen LogP contribution in [0.4, 0.5) is 10.2 Å². The summed E-state index contributed by atoms with van der Waals surface area (Å²) in [5.74, 6) is 0.409. The van der Waals surface area contributed by atoms with Gasteiger partial charge in [-0.05, 0) is 36.4 Å². The van der Waals surface area contributed by atoms with Gasteiger partial charge in [-0.1, -0.05) is 22.0 Å². The zero-order valence-corrected chi connectivity index (χ0v) is 15.4. The molecule has 0 bridgehead atoms. The Morgan fingerprint density at radius 3 is 2.93 bits per heavy atom. The van der Waals surface area contributed by atoms with Crippen LogP contribution in [0.25, 0.3) is 10.9 Å². The molecular formula is C19H13BrFN3O3. The van der Waals surface area contributed by atoms with E-state index in [9.17, 15) is 9.18 Å². The average Bonchev–Trinajstić information content (AvgIpc) is 3.31. The maximum atomic E-state index is 13.9. The van der Waals surface area contributed by atoms with Crippen LogP contribution in [-0.2, 0) is 6.61 Å². The summed E-state index contributed by atoms with van der Waals surface area (Å²) in [6.45, 7) is 0.0981. The molecular weight excluding hydrogens is 417 g/mol. The van der Waals surface area contributed by atoms with E-state index in [1.165, 1.54) is 12.3 Å². The first-order valence-corrected chi connectivity index (χ1v) is 8.79. The fourth-order valence-corrected chi connectivity index (χ4v) is 2.89. The van der Waals surface area contributed by atoms with Gasteiger partial charge in [0.05, 0.1) is 11.8 Å². The Morgan fingerprint density at radius 1 is 1.26 bits per heavy atom. The van der Waals surface area contributed by atoms with Crippen molar-refractivity contribution in [3.8, 4) is 5.75 Å². The number of carbonyl (C=O) groups excluding carboxylic acids is 1.